The molecule has 8 atom stereocenters. The molecule has 284 valence electrons. The summed E-state index contributed by atoms with van der Waals surface area (Å²) in [5.41, 5.74) is -0.434. The van der Waals surface area contributed by atoms with Crippen molar-refractivity contribution < 1.29 is 63.3 Å². The number of rotatable bonds is 4. The molecule has 0 spiro atoms. The van der Waals surface area contributed by atoms with Crippen LogP contribution in [0.4, 0.5) is 0 Å². The number of carboxylic acid groups (broad SMARTS) is 1. The van der Waals surface area contributed by atoms with Crippen LogP contribution in [0.2, 0.25) is 0 Å². The predicted molar refractivity (Wildman–Crippen MR) is 180 cm³/mol. The number of ether oxygens (including phenoxy) is 5. The number of aliphatic hydroxyl groups is 3. The van der Waals surface area contributed by atoms with E-state index in [4.69, 9.17) is 23.7 Å². The quantitative estimate of drug-likeness (QED) is 0.195. The van der Waals surface area contributed by atoms with E-state index in [-0.39, 0.29) is 56.8 Å². The first-order chi connectivity index (χ1) is 24.3. The number of aryl methyl sites for hydroxylation is 2. The zero-order valence-electron chi connectivity index (χ0n) is 29.3. The second-order valence-corrected chi connectivity index (χ2v) is 13.3. The lowest BCUT2D eigenvalue weighted by Crippen LogP contribution is -2.67. The van der Waals surface area contributed by atoms with Gasteiger partial charge >= 0.3 is 5.97 Å². The van der Waals surface area contributed by atoms with Crippen LogP contribution in [0.3, 0.4) is 0 Å². The molecule has 1 aromatic carbocycles. The molecule has 0 radical (unpaired) electrons. The van der Waals surface area contributed by atoms with Crippen molar-refractivity contribution >= 4 is 23.7 Å². The molecule has 4 heterocycles. The Hall–Kier alpha value is -3.64. The molecule has 3 amide bonds. The molecule has 16 nitrogen and oxygen atoms in total. The number of nitrogens with one attached hydrogen (secondary N) is 3. The maximum atomic E-state index is 13.1. The summed E-state index contributed by atoms with van der Waals surface area (Å²) in [6, 6.07) is 1.44. The van der Waals surface area contributed by atoms with Crippen LogP contribution in [0.15, 0.2) is 24.3 Å². The summed E-state index contributed by atoms with van der Waals surface area (Å²) in [5, 5.41) is 51.5. The minimum Gasteiger partial charge on any atom is -0.491 e. The number of benzene rings is 1. The van der Waals surface area contributed by atoms with Crippen LogP contribution in [0.25, 0.3) is 0 Å². The monoisotopic (exact) mass is 721 g/mol. The SMILES string of the molecule is CC(=O)N[C@H]1C2O[C@](C(=O)O)(C/C=C/COCC(NC(=O)C3CCCOC3)COCCOc3c(C)cc(cc3C)C(=O)NC[C@@H](O)[C@H]2O)C[C@@H]1O. The fraction of sp³-hybridized carbons (Fsp3) is 0.657. The van der Waals surface area contributed by atoms with E-state index in [1.807, 2.05) is 0 Å². The van der Waals surface area contributed by atoms with Crippen LogP contribution in [0, 0.1) is 19.8 Å². The standard InChI is InChI=1S/C35H51N3O13/c1-20-13-24-14-21(2)30(20)50-12-11-49-19-25(38-33(44)23-7-6-10-47-17-23)18-48-9-5-4-8-35(34(45)46)15-26(40)28(37-22(3)39)31(51-35)29(42)27(41)16-36-32(24)43/h4-5,13-14,23,25-29,31,40-42H,6-12,15-19H2,1-3H3,(H,36,43)(H,37,39)(H,38,44)(H,45,46)/b5-4+/t23?,25?,26-,27+,28+,29+,31?,35+/m0/s1. The molecule has 0 aliphatic carbocycles. The Balaban J connectivity index is 1.57. The molecule has 1 aromatic rings. The maximum Gasteiger partial charge on any atom is 0.336 e. The van der Waals surface area contributed by atoms with Crippen molar-refractivity contribution in [1.29, 1.82) is 0 Å². The van der Waals surface area contributed by atoms with Gasteiger partial charge in [0.05, 0.1) is 63.2 Å². The smallest absolute Gasteiger partial charge is 0.336 e. The molecule has 16 heteroatoms. The van der Waals surface area contributed by atoms with Gasteiger partial charge in [0, 0.05) is 38.5 Å². The summed E-state index contributed by atoms with van der Waals surface area (Å²) in [4.78, 5) is 50.7. The number of amides is 3. The normalized spacial score (nSPS) is 32.4. The van der Waals surface area contributed by atoms with Crippen molar-refractivity contribution in [2.45, 2.75) is 88.6 Å². The van der Waals surface area contributed by atoms with E-state index in [0.717, 1.165) is 6.42 Å². The van der Waals surface area contributed by atoms with Gasteiger partial charge in [0.2, 0.25) is 11.8 Å². The molecule has 51 heavy (non-hydrogen) atoms. The number of carbonyl (C=O) groups is 4. The summed E-state index contributed by atoms with van der Waals surface area (Å²) in [6.45, 7) is 5.87. The number of hydrogen-bond acceptors (Lipinski definition) is 12. The van der Waals surface area contributed by atoms with Crippen molar-refractivity contribution in [3.05, 3.63) is 41.0 Å². The Kier molecular flexibility index (Phi) is 14.7. The van der Waals surface area contributed by atoms with E-state index in [9.17, 15) is 39.6 Å². The number of fused-ring (bicyclic) bond motifs is 16. The highest BCUT2D eigenvalue weighted by atomic mass is 16.6. The van der Waals surface area contributed by atoms with Gasteiger partial charge < -0.3 is 60.1 Å². The Morgan fingerprint density at radius 3 is 2.29 bits per heavy atom. The number of aliphatic hydroxyl groups excluding tert-OH is 3. The van der Waals surface area contributed by atoms with E-state index in [1.54, 1.807) is 32.1 Å². The minimum absolute atomic E-state index is 0.0355. The molecule has 4 aliphatic rings. The van der Waals surface area contributed by atoms with Crippen LogP contribution < -0.4 is 20.7 Å². The highest BCUT2D eigenvalue weighted by Crippen LogP contribution is 2.35. The van der Waals surface area contributed by atoms with E-state index in [2.05, 4.69) is 16.0 Å². The van der Waals surface area contributed by atoms with Gasteiger partial charge in [0.1, 0.15) is 24.6 Å². The van der Waals surface area contributed by atoms with Crippen LogP contribution in [0.5, 0.6) is 5.75 Å². The predicted octanol–water partition coefficient (Wildman–Crippen LogP) is -0.484. The summed E-state index contributed by atoms with van der Waals surface area (Å²) in [7, 11) is 0. The fourth-order valence-electron chi connectivity index (χ4n) is 6.51. The van der Waals surface area contributed by atoms with Crippen LogP contribution in [-0.2, 0) is 33.3 Å². The van der Waals surface area contributed by atoms with Crippen LogP contribution >= 0.6 is 0 Å². The average molecular weight is 722 g/mol. The zero-order valence-corrected chi connectivity index (χ0v) is 29.3. The van der Waals surface area contributed by atoms with Gasteiger partial charge in [0.15, 0.2) is 5.60 Å². The van der Waals surface area contributed by atoms with E-state index >= 15 is 0 Å². The number of carboxylic acids is 1. The molecular weight excluding hydrogens is 670 g/mol. The van der Waals surface area contributed by atoms with Gasteiger partial charge in [-0.3, -0.25) is 14.4 Å². The zero-order chi connectivity index (χ0) is 37.1. The number of carbonyl (C=O) groups excluding carboxylic acids is 3. The van der Waals surface area contributed by atoms with Crippen molar-refractivity contribution in [3.8, 4) is 5.75 Å². The molecule has 2 fully saturated rings. The first kappa shape index (κ1) is 40.1. The molecule has 2 saturated heterocycles. The van der Waals surface area contributed by atoms with Crippen molar-refractivity contribution in [1.82, 2.24) is 16.0 Å². The van der Waals surface area contributed by atoms with Crippen LogP contribution in [0.1, 0.15) is 54.1 Å². The molecule has 0 aromatic heterocycles. The lowest BCUT2D eigenvalue weighted by molar-refractivity contribution is -0.226. The first-order valence-electron chi connectivity index (χ1n) is 17.2. The minimum atomic E-state index is -2.04. The largest absolute Gasteiger partial charge is 0.491 e. The summed E-state index contributed by atoms with van der Waals surface area (Å²) >= 11 is 0. The Morgan fingerprint density at radius 2 is 1.63 bits per heavy atom. The second-order valence-electron chi connectivity index (χ2n) is 13.3. The highest BCUT2D eigenvalue weighted by Gasteiger charge is 2.54. The fourth-order valence-corrected chi connectivity index (χ4v) is 6.51. The molecule has 0 saturated carbocycles. The second kappa shape index (κ2) is 18.7. The van der Waals surface area contributed by atoms with Gasteiger partial charge in [-0.2, -0.15) is 0 Å². The summed E-state index contributed by atoms with van der Waals surface area (Å²) < 4.78 is 29.0. The molecule has 4 aliphatic heterocycles. The molecule has 3 unspecified atom stereocenters. The van der Waals surface area contributed by atoms with E-state index < -0.39 is 72.8 Å². The van der Waals surface area contributed by atoms with E-state index in [0.29, 0.717) is 36.5 Å². The summed E-state index contributed by atoms with van der Waals surface area (Å²) in [5.74, 6) is -2.45. The Morgan fingerprint density at radius 1 is 0.922 bits per heavy atom. The first-order valence-corrected chi connectivity index (χ1v) is 17.2. The molecular formula is C35H51N3O13. The highest BCUT2D eigenvalue weighted by molar-refractivity contribution is 5.95. The lowest BCUT2D eigenvalue weighted by atomic mass is 9.81. The number of hydrogen-bond donors (Lipinski definition) is 7. The Labute approximate surface area is 296 Å². The van der Waals surface area contributed by atoms with Crippen molar-refractivity contribution in [2.24, 2.45) is 5.92 Å². The summed E-state index contributed by atoms with van der Waals surface area (Å²) in [6.07, 6.45) is -2.71. The Bertz CT molecular complexity index is 1380. The third-order valence-electron chi connectivity index (χ3n) is 9.17. The van der Waals surface area contributed by atoms with Gasteiger partial charge in [-0.15, -0.1) is 0 Å². The van der Waals surface area contributed by atoms with E-state index in [1.165, 1.54) is 13.0 Å². The van der Waals surface area contributed by atoms with Gasteiger partial charge in [-0.05, 0) is 49.9 Å². The average Bonchev–Trinajstić information content (AvgIpc) is 3.09. The van der Waals surface area contributed by atoms with Gasteiger partial charge in [-0.1, -0.05) is 12.2 Å². The number of aliphatic carboxylic acids is 1. The van der Waals surface area contributed by atoms with Crippen molar-refractivity contribution in [2.75, 3.05) is 52.8 Å². The van der Waals surface area contributed by atoms with Crippen molar-refractivity contribution in [3.63, 3.8) is 0 Å². The molecule has 4 bridgehead atoms. The molecule has 7 N–H and O–H groups in total. The van der Waals surface area contributed by atoms with Crippen LogP contribution in [-0.4, -0.2) is 139 Å². The third kappa shape index (κ3) is 10.9. The third-order valence-corrected chi connectivity index (χ3v) is 9.17. The maximum absolute atomic E-state index is 13.1. The molecule has 5 rings (SSSR count). The van der Waals surface area contributed by atoms with Gasteiger partial charge in [-0.25, -0.2) is 4.79 Å². The topological polar surface area (TPSA) is 231 Å². The lowest BCUT2D eigenvalue weighted by Gasteiger charge is -2.47. The van der Waals surface area contributed by atoms with Gasteiger partial charge in [0.25, 0.3) is 5.91 Å².